The van der Waals surface area contributed by atoms with Gasteiger partial charge in [0, 0.05) is 38.0 Å². The van der Waals surface area contributed by atoms with Crippen LogP contribution in [0.4, 0.5) is 11.6 Å². The molecule has 45 heavy (non-hydrogen) atoms. The first-order valence-electron chi connectivity index (χ1n) is 15.4. The summed E-state index contributed by atoms with van der Waals surface area (Å²) in [6.07, 6.45) is 9.43. The minimum Gasteiger partial charge on any atom is -0.487 e. The molecule has 1 saturated heterocycles. The summed E-state index contributed by atoms with van der Waals surface area (Å²) in [7, 11) is 1.65. The molecule has 0 amide bonds. The van der Waals surface area contributed by atoms with Gasteiger partial charge in [0.15, 0.2) is 0 Å². The zero-order chi connectivity index (χ0) is 31.0. The molecule has 14 nitrogen and oxygen atoms in total. The molecular weight excluding hydrogens is 600 g/mol. The highest BCUT2D eigenvalue weighted by Gasteiger charge is 2.29. The van der Waals surface area contributed by atoms with Crippen LogP contribution >= 0.6 is 11.6 Å². The Morgan fingerprint density at radius 2 is 1.91 bits per heavy atom. The zero-order valence-corrected chi connectivity index (χ0v) is 26.3. The standard InChI is InChI=1S/C30H39ClN10O4/c1-21(18-40-20-33-37-38-40)45-28-17-22(3-8-25(28)31)26-9-10-32-30(34-26)35-27-19-41(36-29(27)44-16-15-42-2)24-6-4-23(5-7-24)39-11-13-43-14-12-39/h3,8-10,17,19-21,23-24H,4-7,11-16,18H2,1-2H3,(H,32,34,35)/t21-,23?,24?/m0/s1. The van der Waals surface area contributed by atoms with Crippen LogP contribution in [0.2, 0.25) is 5.02 Å². The molecule has 1 saturated carbocycles. The second kappa shape index (κ2) is 15.0. The fraction of sp³-hybridized carbons (Fsp3) is 0.533. The van der Waals surface area contributed by atoms with Gasteiger partial charge in [-0.25, -0.2) is 14.6 Å². The third-order valence-corrected chi connectivity index (χ3v) is 8.43. The van der Waals surface area contributed by atoms with E-state index in [1.807, 2.05) is 36.0 Å². The quantitative estimate of drug-likeness (QED) is 0.211. The zero-order valence-electron chi connectivity index (χ0n) is 25.6. The second-order valence-corrected chi connectivity index (χ2v) is 11.7. The molecule has 0 radical (unpaired) electrons. The minimum atomic E-state index is -0.216. The van der Waals surface area contributed by atoms with Gasteiger partial charge in [0.25, 0.3) is 5.88 Å². The van der Waals surface area contributed by atoms with Crippen molar-refractivity contribution in [2.24, 2.45) is 0 Å². The number of halogens is 1. The van der Waals surface area contributed by atoms with Crippen molar-refractivity contribution in [3.63, 3.8) is 0 Å². The first-order valence-corrected chi connectivity index (χ1v) is 15.7. The number of nitrogens with one attached hydrogen (secondary N) is 1. The van der Waals surface area contributed by atoms with E-state index in [1.165, 1.54) is 0 Å². The van der Waals surface area contributed by atoms with Gasteiger partial charge in [-0.3, -0.25) is 9.58 Å². The summed E-state index contributed by atoms with van der Waals surface area (Å²) in [6, 6.07) is 8.32. The fourth-order valence-electron chi connectivity index (χ4n) is 5.84. The summed E-state index contributed by atoms with van der Waals surface area (Å²) in [5.41, 5.74) is 2.24. The first kappa shape index (κ1) is 31.1. The highest BCUT2D eigenvalue weighted by atomic mass is 35.5. The molecule has 0 spiro atoms. The van der Waals surface area contributed by atoms with E-state index in [0.717, 1.165) is 57.6 Å². The van der Waals surface area contributed by atoms with Crippen LogP contribution in [0.25, 0.3) is 11.3 Å². The molecule has 1 aliphatic heterocycles. The van der Waals surface area contributed by atoms with E-state index in [1.54, 1.807) is 30.4 Å². The molecule has 0 unspecified atom stereocenters. The van der Waals surface area contributed by atoms with E-state index in [9.17, 15) is 0 Å². The van der Waals surface area contributed by atoms with Crippen LogP contribution in [0.15, 0.2) is 43.0 Å². The van der Waals surface area contributed by atoms with Crippen LogP contribution in [0, 0.1) is 0 Å². The Balaban J connectivity index is 1.15. The third-order valence-electron chi connectivity index (χ3n) is 8.12. The second-order valence-electron chi connectivity index (χ2n) is 11.3. The summed E-state index contributed by atoms with van der Waals surface area (Å²) >= 11 is 6.47. The van der Waals surface area contributed by atoms with Gasteiger partial charge in [0.2, 0.25) is 5.95 Å². The Hall–Kier alpha value is -3.85. The summed E-state index contributed by atoms with van der Waals surface area (Å²) in [5.74, 6) is 1.46. The van der Waals surface area contributed by atoms with Crippen LogP contribution in [0.1, 0.15) is 38.6 Å². The van der Waals surface area contributed by atoms with Crippen molar-refractivity contribution in [2.45, 2.75) is 57.3 Å². The van der Waals surface area contributed by atoms with Crippen LogP contribution < -0.4 is 14.8 Å². The van der Waals surface area contributed by atoms with E-state index in [-0.39, 0.29) is 6.10 Å². The smallest absolute Gasteiger partial charge is 0.257 e. The SMILES string of the molecule is COCCOc1nn(C2CCC(N3CCOCC3)CC2)cc1Nc1nccc(-c2ccc(Cl)c(O[C@@H](C)Cn3cnnn3)c2)n1. The van der Waals surface area contributed by atoms with Crippen molar-refractivity contribution >= 4 is 23.2 Å². The number of aromatic nitrogens is 8. The van der Waals surface area contributed by atoms with Gasteiger partial charge in [-0.2, -0.15) is 0 Å². The Morgan fingerprint density at radius 1 is 1.09 bits per heavy atom. The Labute approximate surface area is 267 Å². The number of ether oxygens (including phenoxy) is 4. The average Bonchev–Trinajstić information content (AvgIpc) is 3.73. The molecule has 2 fully saturated rings. The lowest BCUT2D eigenvalue weighted by Crippen LogP contribution is -2.45. The molecule has 240 valence electrons. The topological polar surface area (TPSA) is 139 Å². The summed E-state index contributed by atoms with van der Waals surface area (Å²) in [6.45, 7) is 6.95. The predicted molar refractivity (Wildman–Crippen MR) is 167 cm³/mol. The van der Waals surface area contributed by atoms with E-state index < -0.39 is 0 Å². The largest absolute Gasteiger partial charge is 0.487 e. The molecule has 1 N–H and O–H groups in total. The number of morpholine rings is 1. The monoisotopic (exact) mass is 638 g/mol. The van der Waals surface area contributed by atoms with Gasteiger partial charge in [-0.1, -0.05) is 17.7 Å². The Kier molecular flexibility index (Phi) is 10.4. The highest BCUT2D eigenvalue weighted by Crippen LogP contribution is 2.35. The molecule has 15 heteroatoms. The van der Waals surface area contributed by atoms with Crippen molar-refractivity contribution in [3.05, 3.63) is 48.0 Å². The minimum absolute atomic E-state index is 0.216. The first-order chi connectivity index (χ1) is 22.1. The molecule has 1 atom stereocenters. The van der Waals surface area contributed by atoms with Crippen LogP contribution in [-0.4, -0.2) is 104 Å². The van der Waals surface area contributed by atoms with E-state index in [2.05, 4.69) is 30.7 Å². The van der Waals surface area contributed by atoms with Gasteiger partial charge < -0.3 is 24.3 Å². The lowest BCUT2D eigenvalue weighted by Gasteiger charge is -2.38. The van der Waals surface area contributed by atoms with Crippen LogP contribution in [0.5, 0.6) is 11.6 Å². The molecule has 0 bridgehead atoms. The van der Waals surface area contributed by atoms with E-state index in [0.29, 0.717) is 65.8 Å². The summed E-state index contributed by atoms with van der Waals surface area (Å²) in [5, 5.41) is 19.9. The third kappa shape index (κ3) is 8.06. The lowest BCUT2D eigenvalue weighted by molar-refractivity contribution is 0.00502. The van der Waals surface area contributed by atoms with Crippen LogP contribution in [-0.2, 0) is 16.0 Å². The number of nitrogens with zero attached hydrogens (tertiary/aromatic N) is 9. The van der Waals surface area contributed by atoms with Crippen molar-refractivity contribution in [2.75, 3.05) is 51.9 Å². The maximum absolute atomic E-state index is 6.47. The maximum atomic E-state index is 6.47. The van der Waals surface area contributed by atoms with Gasteiger partial charge in [0.05, 0.1) is 49.3 Å². The average molecular weight is 639 g/mol. The molecule has 1 aromatic carbocycles. The summed E-state index contributed by atoms with van der Waals surface area (Å²) in [4.78, 5) is 11.8. The van der Waals surface area contributed by atoms with E-state index in [4.69, 9.17) is 40.6 Å². The van der Waals surface area contributed by atoms with E-state index >= 15 is 0 Å². The van der Waals surface area contributed by atoms with Crippen molar-refractivity contribution in [3.8, 4) is 22.9 Å². The van der Waals surface area contributed by atoms with Gasteiger partial charge in [-0.15, -0.1) is 10.2 Å². The van der Waals surface area contributed by atoms with Crippen molar-refractivity contribution in [1.82, 2.24) is 44.9 Å². The number of tetrazole rings is 1. The fourth-order valence-corrected chi connectivity index (χ4v) is 6.00. The molecular formula is C30H39ClN10O4. The lowest BCUT2D eigenvalue weighted by atomic mass is 9.90. The number of hydrogen-bond donors (Lipinski definition) is 1. The molecule has 6 rings (SSSR count). The van der Waals surface area contributed by atoms with Gasteiger partial charge in [-0.05, 0) is 61.2 Å². The predicted octanol–water partition coefficient (Wildman–Crippen LogP) is 4.03. The maximum Gasteiger partial charge on any atom is 0.257 e. The molecule has 2 aliphatic rings. The van der Waals surface area contributed by atoms with Crippen molar-refractivity contribution in [1.29, 1.82) is 0 Å². The Morgan fingerprint density at radius 3 is 2.69 bits per heavy atom. The van der Waals surface area contributed by atoms with Gasteiger partial charge in [0.1, 0.15) is 30.5 Å². The number of anilines is 2. The highest BCUT2D eigenvalue weighted by molar-refractivity contribution is 6.32. The molecule has 4 aromatic rings. The summed E-state index contributed by atoms with van der Waals surface area (Å²) < 4.78 is 26.5. The Bertz CT molecular complexity index is 1510. The molecule has 4 heterocycles. The number of methoxy groups -OCH3 is 1. The molecule has 1 aliphatic carbocycles. The number of benzene rings is 1. The number of rotatable bonds is 13. The van der Waals surface area contributed by atoms with Crippen LogP contribution in [0.3, 0.4) is 0 Å². The van der Waals surface area contributed by atoms with Gasteiger partial charge >= 0.3 is 0 Å². The van der Waals surface area contributed by atoms with Crippen molar-refractivity contribution < 1.29 is 18.9 Å². The number of hydrogen-bond acceptors (Lipinski definition) is 12. The molecule has 3 aromatic heterocycles. The normalized spacial score (nSPS) is 19.7.